The number of benzene rings is 4. The second-order valence-corrected chi connectivity index (χ2v) is 20.5. The number of rotatable bonds is 14. The van der Waals surface area contributed by atoms with Crippen molar-refractivity contribution in [2.24, 2.45) is 5.41 Å². The number of piperazine rings is 2. The number of nitrogens with one attached hydrogen (secondary N) is 2. The van der Waals surface area contributed by atoms with Gasteiger partial charge in [-0.05, 0) is 72.4 Å². The summed E-state index contributed by atoms with van der Waals surface area (Å²) in [5, 5.41) is 37.2. The first-order valence-corrected chi connectivity index (χ1v) is 25.0. The number of phenols is 2. The minimum Gasteiger partial charge on any atom is -0.508 e. The minimum atomic E-state index is -4.66. The van der Waals surface area contributed by atoms with Crippen LogP contribution in [0.25, 0.3) is 50.0 Å². The first-order valence-electron chi connectivity index (χ1n) is 25.0. The van der Waals surface area contributed by atoms with Crippen molar-refractivity contribution < 1.29 is 37.3 Å². The Hall–Kier alpha value is -7.40. The molecule has 382 valence electrons. The first-order chi connectivity index (χ1) is 35.6. The number of terminal acetylenes is 1. The van der Waals surface area contributed by atoms with Gasteiger partial charge in [-0.2, -0.15) is 23.1 Å². The van der Waals surface area contributed by atoms with Crippen LogP contribution in [-0.4, -0.2) is 133 Å². The van der Waals surface area contributed by atoms with E-state index in [1.807, 2.05) is 67.7 Å². The van der Waals surface area contributed by atoms with Gasteiger partial charge in [0.15, 0.2) is 11.6 Å². The molecule has 2 atom stereocenters. The zero-order valence-electron chi connectivity index (χ0n) is 41.0. The number of carbonyl (C=O) groups is 1. The molecule has 3 saturated heterocycles. The molecular formula is C55H55F4N11O4. The highest BCUT2D eigenvalue weighted by Gasteiger charge is 2.45. The fourth-order valence-electron chi connectivity index (χ4n) is 10.8. The Morgan fingerprint density at radius 2 is 1.65 bits per heavy atom. The molecule has 15 nitrogen and oxygen atoms in total. The Bertz CT molecular complexity index is 3310. The van der Waals surface area contributed by atoms with Crippen molar-refractivity contribution in [2.45, 2.75) is 70.3 Å². The molecule has 74 heavy (non-hydrogen) atoms. The molecule has 7 aromatic rings. The number of alkyl halides is 3. The number of hydrogen-bond donors (Lipinski definition) is 4. The molecule has 4 aliphatic rings. The molecule has 3 aromatic heterocycles. The third-order valence-electron chi connectivity index (χ3n) is 14.9. The van der Waals surface area contributed by atoms with Gasteiger partial charge in [0.25, 0.3) is 5.91 Å². The Morgan fingerprint density at radius 1 is 0.932 bits per heavy atom. The van der Waals surface area contributed by atoms with Gasteiger partial charge in [0.1, 0.15) is 35.1 Å². The first kappa shape index (κ1) is 48.8. The zero-order valence-corrected chi connectivity index (χ0v) is 41.0. The number of aromatic hydroxyl groups is 2. The van der Waals surface area contributed by atoms with Crippen molar-refractivity contribution >= 4 is 33.4 Å². The minimum absolute atomic E-state index is 0.0125. The third-order valence-corrected chi connectivity index (χ3v) is 14.9. The maximum atomic E-state index is 17.1. The van der Waals surface area contributed by atoms with Crippen molar-refractivity contribution in [3.8, 4) is 58.2 Å². The number of hydrogen-bond acceptors (Lipinski definition) is 13. The van der Waals surface area contributed by atoms with E-state index < -0.39 is 30.3 Å². The van der Waals surface area contributed by atoms with Gasteiger partial charge in [0.2, 0.25) is 5.82 Å². The monoisotopic (exact) mass is 1010 g/mol. The van der Waals surface area contributed by atoms with Crippen LogP contribution < -0.4 is 20.3 Å². The second kappa shape index (κ2) is 19.5. The van der Waals surface area contributed by atoms with E-state index in [0.717, 1.165) is 87.8 Å². The fourth-order valence-corrected chi connectivity index (χ4v) is 10.8. The summed E-state index contributed by atoms with van der Waals surface area (Å²) in [6, 6.07) is 22.1. The van der Waals surface area contributed by atoms with Gasteiger partial charge in [-0.1, -0.05) is 62.2 Å². The average Bonchev–Trinajstić information content (AvgIpc) is 3.88. The maximum Gasteiger partial charge on any atom is 0.405 e. The molecule has 11 rings (SSSR count). The fraction of sp³-hybridized carbons (Fsp3) is 0.382. The van der Waals surface area contributed by atoms with Gasteiger partial charge in [-0.15, -0.1) is 16.6 Å². The second-order valence-electron chi connectivity index (χ2n) is 20.5. The van der Waals surface area contributed by atoms with Crippen molar-refractivity contribution in [3.63, 3.8) is 0 Å². The lowest BCUT2D eigenvalue weighted by Gasteiger charge is -2.36. The Morgan fingerprint density at radius 3 is 2.34 bits per heavy atom. The van der Waals surface area contributed by atoms with Crippen LogP contribution in [0.5, 0.6) is 17.5 Å². The number of carbonyl (C=O) groups excluding carboxylic acids is 1. The average molecular weight is 1010 g/mol. The molecule has 1 aliphatic carbocycles. The summed E-state index contributed by atoms with van der Waals surface area (Å²) in [4.78, 5) is 34.6. The lowest BCUT2D eigenvalue weighted by Crippen LogP contribution is -2.51. The Balaban J connectivity index is 0.776. The Kier molecular flexibility index (Phi) is 12.8. The van der Waals surface area contributed by atoms with Crippen LogP contribution in [0, 0.1) is 23.6 Å². The van der Waals surface area contributed by atoms with Gasteiger partial charge in [0.05, 0.1) is 17.6 Å². The van der Waals surface area contributed by atoms with E-state index >= 15 is 4.39 Å². The number of nitrogens with zero attached hydrogens (tertiary/aromatic N) is 9. The van der Waals surface area contributed by atoms with E-state index in [1.165, 1.54) is 16.7 Å². The zero-order chi connectivity index (χ0) is 51.5. The van der Waals surface area contributed by atoms with Gasteiger partial charge in [-0.3, -0.25) is 19.2 Å². The van der Waals surface area contributed by atoms with Crippen LogP contribution in [0.2, 0.25) is 0 Å². The number of fused-ring (bicyclic) bond motifs is 4. The number of halogens is 4. The molecule has 3 aliphatic heterocycles. The smallest absolute Gasteiger partial charge is 0.405 e. The maximum absolute atomic E-state index is 17.1. The summed E-state index contributed by atoms with van der Waals surface area (Å²) in [6.45, 7) is 8.70. The molecule has 4 N–H and O–H groups in total. The van der Waals surface area contributed by atoms with Crippen LogP contribution in [0.15, 0.2) is 79.0 Å². The van der Waals surface area contributed by atoms with Crippen LogP contribution >= 0.6 is 0 Å². The largest absolute Gasteiger partial charge is 0.508 e. The molecule has 4 fully saturated rings. The SMILES string of the molecule is C#Cc1cccc2cccc(-c3ncc4c(N5CC6CCC(C5)N6)nc(OCC5(CN6CCN(Cc7ccc(-n8c(C(=O)NCC(F)(F)F)nnc8-c8cc(C(C)C)c(O)cc8O)cc7)CC6)CC5)nc4c3F)c12. The van der Waals surface area contributed by atoms with Gasteiger partial charge in [0, 0.05) is 104 Å². The number of amides is 1. The summed E-state index contributed by atoms with van der Waals surface area (Å²) in [7, 11) is 0. The lowest BCUT2D eigenvalue weighted by atomic mass is 9.97. The predicted octanol–water partition coefficient (Wildman–Crippen LogP) is 7.96. The van der Waals surface area contributed by atoms with Gasteiger partial charge in [-0.25, -0.2) is 4.39 Å². The Labute approximate surface area is 424 Å². The van der Waals surface area contributed by atoms with Gasteiger partial charge < -0.3 is 35.4 Å². The van der Waals surface area contributed by atoms with Crippen molar-refractivity contribution in [3.05, 3.63) is 107 Å². The summed E-state index contributed by atoms with van der Waals surface area (Å²) in [6.07, 6.45) is 7.04. The molecule has 4 aromatic carbocycles. The highest BCUT2D eigenvalue weighted by atomic mass is 19.4. The quantitative estimate of drug-likeness (QED) is 0.0612. The normalized spacial score (nSPS) is 18.8. The molecule has 0 spiro atoms. The molecule has 1 saturated carbocycles. The summed E-state index contributed by atoms with van der Waals surface area (Å²) in [5.74, 6) is 0.707. The van der Waals surface area contributed by atoms with E-state index in [-0.39, 0.29) is 51.4 Å². The summed E-state index contributed by atoms with van der Waals surface area (Å²) >= 11 is 0. The summed E-state index contributed by atoms with van der Waals surface area (Å²) < 4.78 is 64.3. The molecule has 0 radical (unpaired) electrons. The molecular weight excluding hydrogens is 955 g/mol. The van der Waals surface area contributed by atoms with Crippen LogP contribution in [0.4, 0.5) is 23.4 Å². The topological polar surface area (TPSA) is 170 Å². The summed E-state index contributed by atoms with van der Waals surface area (Å²) in [5.41, 5.74) is 3.46. The van der Waals surface area contributed by atoms with Crippen molar-refractivity contribution in [1.29, 1.82) is 0 Å². The number of pyridine rings is 1. The highest BCUT2D eigenvalue weighted by Crippen LogP contribution is 2.47. The van der Waals surface area contributed by atoms with Gasteiger partial charge >= 0.3 is 12.2 Å². The predicted molar refractivity (Wildman–Crippen MR) is 272 cm³/mol. The molecule has 6 heterocycles. The van der Waals surface area contributed by atoms with Crippen molar-refractivity contribution in [2.75, 3.05) is 63.9 Å². The molecule has 19 heteroatoms. The van der Waals surface area contributed by atoms with E-state index in [1.54, 1.807) is 18.3 Å². The molecule has 2 unspecified atom stereocenters. The van der Waals surface area contributed by atoms with E-state index in [2.05, 4.69) is 36.1 Å². The number of aromatic nitrogens is 6. The molecule has 1 amide bonds. The highest BCUT2D eigenvalue weighted by molar-refractivity contribution is 6.02. The lowest BCUT2D eigenvalue weighted by molar-refractivity contribution is -0.123. The number of ether oxygens (including phenoxy) is 1. The van der Waals surface area contributed by atoms with Crippen LogP contribution in [0.1, 0.15) is 72.8 Å². The molecule has 2 bridgehead atoms. The van der Waals surface area contributed by atoms with E-state index in [4.69, 9.17) is 26.1 Å². The van der Waals surface area contributed by atoms with E-state index in [0.29, 0.717) is 58.8 Å². The van der Waals surface area contributed by atoms with Crippen molar-refractivity contribution in [1.82, 2.24) is 50.1 Å². The van der Waals surface area contributed by atoms with Crippen LogP contribution in [-0.2, 0) is 6.54 Å². The number of anilines is 1. The van der Waals surface area contributed by atoms with E-state index in [9.17, 15) is 28.2 Å². The standard InChI is InChI=1S/C55H55F4N11O4/c1-4-34-7-5-8-35-9-6-10-39(45(34)35)47-46(56)48-42(25-60-47)49(69-27-36-13-14-37(28-69)62-36)64-53(63-48)74-31-54(17-18-54)30-68-21-19-67(20-22-68)26-33-11-15-38(16-12-33)70-50(41-23-40(32(2)3)43(71)24-44(41)72)65-66-51(70)52(73)61-29-55(57,58)59/h1,5-12,15-16,23-25,32,36-37,62,71-72H,13-14,17-22,26-31H2,2-3H3,(H,61,73). The van der Waals surface area contributed by atoms with Crippen LogP contribution in [0.3, 0.4) is 0 Å². The third kappa shape index (κ3) is 9.76. The number of phenolic OH excluding ortho intramolecular Hbond substituents is 2.